The Morgan fingerprint density at radius 2 is 1.89 bits per heavy atom. The fraction of sp³-hybridized carbons (Fsp3) is 0.222. The van der Waals surface area contributed by atoms with Crippen LogP contribution in [-0.4, -0.2) is 19.7 Å². The molecule has 0 aliphatic carbocycles. The number of anilines is 1. The van der Waals surface area contributed by atoms with Crippen molar-refractivity contribution in [2.24, 2.45) is 0 Å². The summed E-state index contributed by atoms with van der Waals surface area (Å²) in [5, 5.41) is -0.377. The first kappa shape index (κ1) is 14.8. The van der Waals surface area contributed by atoms with E-state index in [4.69, 9.17) is 11.6 Å². The van der Waals surface area contributed by atoms with Gasteiger partial charge in [-0.1, -0.05) is 17.7 Å². The average molecular weight is 302 g/mol. The van der Waals surface area contributed by atoms with Gasteiger partial charge in [0.1, 0.15) is 0 Å². The van der Waals surface area contributed by atoms with Crippen LogP contribution in [0, 0.1) is 0 Å². The largest absolute Gasteiger partial charge is 0.516 e. The highest BCUT2D eigenvalue weighted by Crippen LogP contribution is 2.31. The summed E-state index contributed by atoms with van der Waals surface area (Å²) in [6, 6.07) is 3.52. The summed E-state index contributed by atoms with van der Waals surface area (Å²) in [4.78, 5) is 11.1. The number of benzene rings is 1. The highest BCUT2D eigenvalue weighted by Gasteiger charge is 2.46. The number of rotatable bonds is 3. The van der Waals surface area contributed by atoms with Crippen LogP contribution in [0.2, 0.25) is 5.02 Å². The van der Waals surface area contributed by atoms with Crippen LogP contribution in [-0.2, 0) is 10.0 Å². The van der Waals surface area contributed by atoms with Crippen LogP contribution in [0.5, 0.6) is 0 Å². The number of sulfonamides is 1. The predicted octanol–water partition coefficient (Wildman–Crippen LogP) is 2.80. The Balaban J connectivity index is 3.23. The fourth-order valence-corrected chi connectivity index (χ4v) is 2.02. The van der Waals surface area contributed by atoms with Crippen molar-refractivity contribution in [3.05, 3.63) is 28.8 Å². The molecule has 0 aliphatic rings. The van der Waals surface area contributed by atoms with Crippen molar-refractivity contribution in [2.75, 3.05) is 4.72 Å². The molecule has 1 aromatic rings. The smallest absolute Gasteiger partial charge is 0.294 e. The Labute approximate surface area is 106 Å². The number of carbonyl (C=O) groups excluding carboxylic acids is 1. The standard InChI is InChI=1S/C9H7ClF3NO3S/c1-5(15)6-3-2-4-7(8(6)10)14-18(16,17)9(11,12)13/h2-4,14H,1H3. The van der Waals surface area contributed by atoms with Gasteiger partial charge in [0, 0.05) is 5.56 Å². The Morgan fingerprint density at radius 3 is 2.33 bits per heavy atom. The molecule has 0 saturated carbocycles. The van der Waals surface area contributed by atoms with Gasteiger partial charge in [-0.25, -0.2) is 0 Å². The second-order valence-corrected chi connectivity index (χ2v) is 5.33. The summed E-state index contributed by atoms with van der Waals surface area (Å²) in [7, 11) is -5.56. The molecule has 1 N–H and O–H groups in total. The highest BCUT2D eigenvalue weighted by molar-refractivity contribution is 7.93. The third-order valence-corrected chi connectivity index (χ3v) is 3.43. The fourth-order valence-electron chi connectivity index (χ4n) is 1.09. The summed E-state index contributed by atoms with van der Waals surface area (Å²) >= 11 is 5.64. The van der Waals surface area contributed by atoms with Crippen molar-refractivity contribution >= 4 is 33.1 Å². The number of carbonyl (C=O) groups is 1. The van der Waals surface area contributed by atoms with Crippen molar-refractivity contribution < 1.29 is 26.4 Å². The van der Waals surface area contributed by atoms with Gasteiger partial charge in [-0.15, -0.1) is 0 Å². The average Bonchev–Trinajstić information content (AvgIpc) is 2.18. The Bertz CT molecular complexity index is 583. The lowest BCUT2D eigenvalue weighted by Gasteiger charge is -2.12. The van der Waals surface area contributed by atoms with E-state index in [-0.39, 0.29) is 10.6 Å². The zero-order valence-corrected chi connectivity index (χ0v) is 10.4. The molecule has 0 unspecified atom stereocenters. The van der Waals surface area contributed by atoms with E-state index in [9.17, 15) is 26.4 Å². The quantitative estimate of drug-likeness (QED) is 0.873. The van der Waals surface area contributed by atoms with Gasteiger partial charge in [-0.3, -0.25) is 9.52 Å². The van der Waals surface area contributed by atoms with Crippen LogP contribution in [0.25, 0.3) is 0 Å². The minimum Gasteiger partial charge on any atom is -0.294 e. The van der Waals surface area contributed by atoms with E-state index in [1.54, 1.807) is 0 Å². The zero-order chi connectivity index (χ0) is 14.1. The molecule has 18 heavy (non-hydrogen) atoms. The summed E-state index contributed by atoms with van der Waals surface area (Å²) in [5.41, 5.74) is -6.02. The molecule has 0 aliphatic heterocycles. The maximum atomic E-state index is 12.1. The van der Waals surface area contributed by atoms with Gasteiger partial charge >= 0.3 is 15.5 Å². The molecule has 0 atom stereocenters. The lowest BCUT2D eigenvalue weighted by Crippen LogP contribution is -2.30. The van der Waals surface area contributed by atoms with E-state index in [1.165, 1.54) is 16.9 Å². The van der Waals surface area contributed by atoms with E-state index in [0.717, 1.165) is 13.0 Å². The number of Topliss-reactive ketones (excluding diaryl/α,β-unsaturated/α-hetero) is 1. The van der Waals surface area contributed by atoms with E-state index >= 15 is 0 Å². The molecular weight excluding hydrogens is 295 g/mol. The summed E-state index contributed by atoms with van der Waals surface area (Å²) in [5.74, 6) is -0.493. The van der Waals surface area contributed by atoms with E-state index < -0.39 is 27.0 Å². The molecule has 9 heteroatoms. The molecule has 0 heterocycles. The van der Waals surface area contributed by atoms with Gasteiger partial charge in [0.2, 0.25) is 0 Å². The van der Waals surface area contributed by atoms with Gasteiger partial charge in [0.05, 0.1) is 10.7 Å². The number of ketones is 1. The monoisotopic (exact) mass is 301 g/mol. The minimum atomic E-state index is -5.56. The molecule has 0 aromatic heterocycles. The van der Waals surface area contributed by atoms with Gasteiger partial charge < -0.3 is 0 Å². The van der Waals surface area contributed by atoms with Crippen molar-refractivity contribution in [1.82, 2.24) is 0 Å². The van der Waals surface area contributed by atoms with E-state index in [0.29, 0.717) is 0 Å². The first-order chi connectivity index (χ1) is 8.06. The number of alkyl halides is 3. The SMILES string of the molecule is CC(=O)c1cccc(NS(=O)(=O)C(F)(F)F)c1Cl. The maximum absolute atomic E-state index is 12.1. The first-order valence-electron chi connectivity index (χ1n) is 4.45. The van der Waals surface area contributed by atoms with Crippen molar-refractivity contribution in [3.63, 3.8) is 0 Å². The van der Waals surface area contributed by atoms with Gasteiger partial charge in [-0.2, -0.15) is 21.6 Å². The van der Waals surface area contributed by atoms with Gasteiger partial charge in [0.25, 0.3) is 0 Å². The topological polar surface area (TPSA) is 63.2 Å². The molecule has 1 rings (SSSR count). The molecule has 0 spiro atoms. The molecule has 0 radical (unpaired) electrons. The van der Waals surface area contributed by atoms with Gasteiger partial charge in [-0.05, 0) is 19.1 Å². The number of nitrogens with one attached hydrogen (secondary N) is 1. The normalized spacial score (nSPS) is 12.3. The second kappa shape index (κ2) is 4.77. The van der Waals surface area contributed by atoms with Crippen LogP contribution in [0.3, 0.4) is 0 Å². The van der Waals surface area contributed by atoms with Crippen LogP contribution >= 0.6 is 11.6 Å². The van der Waals surface area contributed by atoms with E-state index in [2.05, 4.69) is 0 Å². The summed E-state index contributed by atoms with van der Waals surface area (Å²) in [6.07, 6.45) is 0. The molecule has 4 nitrogen and oxygen atoms in total. The molecular formula is C9H7ClF3NO3S. The maximum Gasteiger partial charge on any atom is 0.516 e. The third-order valence-electron chi connectivity index (χ3n) is 1.93. The van der Waals surface area contributed by atoms with Crippen LogP contribution in [0.4, 0.5) is 18.9 Å². The zero-order valence-electron chi connectivity index (χ0n) is 8.88. The van der Waals surface area contributed by atoms with Crippen molar-refractivity contribution in [1.29, 1.82) is 0 Å². The van der Waals surface area contributed by atoms with Crippen molar-refractivity contribution in [3.8, 4) is 0 Å². The number of hydrogen-bond acceptors (Lipinski definition) is 3. The lowest BCUT2D eigenvalue weighted by atomic mass is 10.1. The van der Waals surface area contributed by atoms with E-state index in [1.807, 2.05) is 0 Å². The first-order valence-corrected chi connectivity index (χ1v) is 6.31. The van der Waals surface area contributed by atoms with Crippen LogP contribution < -0.4 is 4.72 Å². The van der Waals surface area contributed by atoms with Gasteiger partial charge in [0.15, 0.2) is 5.78 Å². The van der Waals surface area contributed by atoms with Crippen LogP contribution in [0.15, 0.2) is 18.2 Å². The third kappa shape index (κ3) is 2.94. The molecule has 1 aromatic carbocycles. The predicted molar refractivity (Wildman–Crippen MR) is 60.1 cm³/mol. The minimum absolute atomic E-state index is 0.0703. The molecule has 0 saturated heterocycles. The molecule has 0 bridgehead atoms. The Kier molecular flexibility index (Phi) is 3.92. The number of halogens is 4. The Morgan fingerprint density at radius 1 is 1.33 bits per heavy atom. The summed E-state index contributed by atoms with van der Waals surface area (Å²) < 4.78 is 59.5. The molecule has 0 amide bonds. The van der Waals surface area contributed by atoms with Crippen molar-refractivity contribution in [2.45, 2.75) is 12.4 Å². The molecule has 100 valence electrons. The Hall–Kier alpha value is -1.28. The second-order valence-electron chi connectivity index (χ2n) is 3.27. The number of hydrogen-bond donors (Lipinski definition) is 1. The summed E-state index contributed by atoms with van der Waals surface area (Å²) in [6.45, 7) is 1.16. The molecule has 0 fully saturated rings. The van der Waals surface area contributed by atoms with Crippen LogP contribution in [0.1, 0.15) is 17.3 Å². The lowest BCUT2D eigenvalue weighted by molar-refractivity contribution is -0.0429. The highest BCUT2D eigenvalue weighted by atomic mass is 35.5.